The molecule has 6 heteroatoms. The van der Waals surface area contributed by atoms with E-state index in [-0.39, 0.29) is 0 Å². The lowest BCUT2D eigenvalue weighted by molar-refractivity contribution is -0.183. The maximum absolute atomic E-state index is 15.4. The molecule has 0 aliphatic heterocycles. The summed E-state index contributed by atoms with van der Waals surface area (Å²) in [6.45, 7) is 8.80. The molecule has 322 valence electrons. The van der Waals surface area contributed by atoms with Crippen molar-refractivity contribution >= 4 is 7.60 Å². The van der Waals surface area contributed by atoms with Crippen LogP contribution >= 0.6 is 7.60 Å². The molecule has 56 heavy (non-hydrogen) atoms. The highest BCUT2D eigenvalue weighted by atomic mass is 31.2. The first kappa shape index (κ1) is 50.7. The topological polar surface area (TPSA) is 48.0 Å². The van der Waals surface area contributed by atoms with Crippen molar-refractivity contribution in [3.63, 3.8) is 0 Å². The van der Waals surface area contributed by atoms with Crippen LogP contribution in [-0.2, 0) is 25.0 Å². The molecule has 2 aromatic rings. The third kappa shape index (κ3) is 25.8. The van der Waals surface area contributed by atoms with Crippen molar-refractivity contribution in [2.24, 2.45) is 0 Å². The Kier molecular flexibility index (Phi) is 33.1. The minimum absolute atomic E-state index is 0.437. The van der Waals surface area contributed by atoms with E-state index < -0.39 is 13.4 Å². The number of hydrogen-bond acceptors (Lipinski definition) is 5. The van der Waals surface area contributed by atoms with E-state index in [1.54, 1.807) is 0 Å². The smallest absolute Gasteiger partial charge is 0.307 e. The first-order valence-corrected chi connectivity index (χ1v) is 25.6. The Bertz CT molecular complexity index is 1120. The van der Waals surface area contributed by atoms with Gasteiger partial charge in [-0.15, -0.1) is 0 Å². The zero-order valence-corrected chi connectivity index (χ0v) is 37.8. The van der Waals surface area contributed by atoms with Gasteiger partial charge < -0.3 is 9.05 Å². The van der Waals surface area contributed by atoms with Gasteiger partial charge in [0.05, 0.1) is 26.4 Å². The van der Waals surface area contributed by atoms with Crippen molar-refractivity contribution in [3.05, 3.63) is 71.8 Å². The zero-order chi connectivity index (χ0) is 40.0. The van der Waals surface area contributed by atoms with E-state index in [0.29, 0.717) is 26.4 Å². The van der Waals surface area contributed by atoms with Gasteiger partial charge in [0.15, 0.2) is 5.78 Å². The Morgan fingerprint density at radius 3 is 1.12 bits per heavy atom. The van der Waals surface area contributed by atoms with Crippen LogP contribution in [0.3, 0.4) is 0 Å². The highest BCUT2D eigenvalue weighted by Gasteiger charge is 2.42. The largest absolute Gasteiger partial charge is 0.354 e. The molecule has 0 spiro atoms. The van der Waals surface area contributed by atoms with Crippen LogP contribution < -0.4 is 0 Å². The van der Waals surface area contributed by atoms with Gasteiger partial charge in [0.1, 0.15) is 0 Å². The zero-order valence-electron chi connectivity index (χ0n) is 36.9. The van der Waals surface area contributed by atoms with E-state index >= 15 is 4.57 Å². The molecule has 1 atom stereocenters. The van der Waals surface area contributed by atoms with Crippen LogP contribution in [0.5, 0.6) is 0 Å². The summed E-state index contributed by atoms with van der Waals surface area (Å²) in [6, 6.07) is 20.6. The summed E-state index contributed by atoms with van der Waals surface area (Å²) in [7, 11) is -3.68. The van der Waals surface area contributed by atoms with Gasteiger partial charge in [-0.2, -0.15) is 5.06 Å². The second kappa shape index (κ2) is 36.6. The SMILES string of the molecule is CCCCCCCCCCCCON(Cc1ccccc1)C(c1ccccc1)P(=O)(OCCCCCCCCCCCC)OCCCCCCCCCCCC. The van der Waals surface area contributed by atoms with Crippen LogP contribution in [0.2, 0.25) is 0 Å². The molecule has 0 aliphatic rings. The first-order chi connectivity index (χ1) is 27.6. The maximum Gasteiger partial charge on any atom is 0.354 e. The van der Waals surface area contributed by atoms with Crippen molar-refractivity contribution < 1.29 is 18.5 Å². The van der Waals surface area contributed by atoms with E-state index in [1.807, 2.05) is 29.3 Å². The fourth-order valence-electron chi connectivity index (χ4n) is 7.61. The number of hydroxylamine groups is 2. The molecule has 1 unspecified atom stereocenters. The van der Waals surface area contributed by atoms with Gasteiger partial charge in [-0.1, -0.05) is 255 Å². The van der Waals surface area contributed by atoms with Gasteiger partial charge in [-0.25, -0.2) is 0 Å². The van der Waals surface area contributed by atoms with Crippen LogP contribution in [0.1, 0.15) is 230 Å². The molecule has 0 N–H and O–H groups in total. The second-order valence-electron chi connectivity index (χ2n) is 16.4. The van der Waals surface area contributed by atoms with Crippen LogP contribution in [0.15, 0.2) is 60.7 Å². The quantitative estimate of drug-likeness (QED) is 0.0381. The molecular formula is C50H88NO4P. The highest BCUT2D eigenvalue weighted by molar-refractivity contribution is 7.54. The van der Waals surface area contributed by atoms with Crippen molar-refractivity contribution in [1.29, 1.82) is 0 Å². The first-order valence-electron chi connectivity index (χ1n) is 24.0. The Hall–Kier alpha value is -1.49. The van der Waals surface area contributed by atoms with Gasteiger partial charge in [0.25, 0.3) is 0 Å². The Balaban J connectivity index is 2.10. The third-order valence-corrected chi connectivity index (χ3v) is 13.4. The molecule has 0 bridgehead atoms. The van der Waals surface area contributed by atoms with E-state index in [0.717, 1.165) is 49.7 Å². The summed E-state index contributed by atoms with van der Waals surface area (Å²) in [5, 5.41) is 1.94. The molecule has 0 fully saturated rings. The monoisotopic (exact) mass is 798 g/mol. The third-order valence-electron chi connectivity index (χ3n) is 11.1. The molecule has 0 heterocycles. The highest BCUT2D eigenvalue weighted by Crippen LogP contribution is 2.63. The summed E-state index contributed by atoms with van der Waals surface area (Å²) >= 11 is 0. The summed E-state index contributed by atoms with van der Waals surface area (Å²) < 4.78 is 28.5. The standard InChI is InChI=1S/C50H88NO4P/c1-4-7-10-13-16-19-22-25-28-37-44-53-51(47-48-40-33-31-34-41-48)50(49-42-35-32-36-43-49)56(52,54-45-38-29-26-23-20-17-14-11-8-5-2)55-46-39-30-27-24-21-18-15-12-9-6-3/h31-36,40-43,50H,4-30,37-39,44-47H2,1-3H3. The molecule has 2 aromatic carbocycles. The average Bonchev–Trinajstić information content (AvgIpc) is 3.22. The van der Waals surface area contributed by atoms with Crippen molar-refractivity contribution in [1.82, 2.24) is 5.06 Å². The predicted octanol–water partition coefficient (Wildman–Crippen LogP) is 17.1. The van der Waals surface area contributed by atoms with Crippen molar-refractivity contribution in [2.75, 3.05) is 19.8 Å². The van der Waals surface area contributed by atoms with E-state index in [1.165, 1.54) is 154 Å². The summed E-state index contributed by atoms with van der Waals surface area (Å²) in [5.41, 5.74) is 2.04. The predicted molar refractivity (Wildman–Crippen MR) is 242 cm³/mol. The minimum Gasteiger partial charge on any atom is -0.307 e. The lowest BCUT2D eigenvalue weighted by Crippen LogP contribution is -2.31. The summed E-state index contributed by atoms with van der Waals surface area (Å²) in [6.07, 6.45) is 37.7. The molecule has 0 saturated heterocycles. The lowest BCUT2D eigenvalue weighted by Gasteiger charge is -2.35. The van der Waals surface area contributed by atoms with Gasteiger partial charge in [0.2, 0.25) is 0 Å². The molecule has 0 saturated carbocycles. The van der Waals surface area contributed by atoms with Crippen molar-refractivity contribution in [2.45, 2.75) is 226 Å². The van der Waals surface area contributed by atoms with Gasteiger partial charge in [-0.3, -0.25) is 9.40 Å². The van der Waals surface area contributed by atoms with Crippen LogP contribution in [0.25, 0.3) is 0 Å². The number of benzene rings is 2. The van der Waals surface area contributed by atoms with Crippen molar-refractivity contribution in [3.8, 4) is 0 Å². The molecule has 0 amide bonds. The average molecular weight is 798 g/mol. The molecule has 0 radical (unpaired) electrons. The second-order valence-corrected chi connectivity index (χ2v) is 18.5. The maximum atomic E-state index is 15.4. The van der Waals surface area contributed by atoms with Gasteiger partial charge in [0, 0.05) is 0 Å². The Labute approximate surface area is 347 Å². The lowest BCUT2D eigenvalue weighted by atomic mass is 10.1. The van der Waals surface area contributed by atoms with E-state index in [9.17, 15) is 0 Å². The van der Waals surface area contributed by atoms with Crippen LogP contribution in [0.4, 0.5) is 0 Å². The normalized spacial score (nSPS) is 12.5. The molecule has 5 nitrogen and oxygen atoms in total. The number of hydrogen-bond donors (Lipinski definition) is 0. The van der Waals surface area contributed by atoms with Crippen LogP contribution in [-0.4, -0.2) is 24.9 Å². The van der Waals surface area contributed by atoms with Crippen LogP contribution in [0, 0.1) is 0 Å². The Morgan fingerprint density at radius 2 is 0.750 bits per heavy atom. The number of rotatable bonds is 41. The summed E-state index contributed by atoms with van der Waals surface area (Å²) in [4.78, 5) is 6.70. The molecule has 0 aromatic heterocycles. The number of unbranched alkanes of at least 4 members (excludes halogenated alkanes) is 27. The molecule has 0 aliphatic carbocycles. The summed E-state index contributed by atoms with van der Waals surface area (Å²) in [5.74, 6) is -0.654. The van der Waals surface area contributed by atoms with Gasteiger partial charge in [-0.05, 0) is 30.4 Å². The fraction of sp³-hybridized carbons (Fsp3) is 0.760. The van der Waals surface area contributed by atoms with E-state index in [4.69, 9.17) is 13.9 Å². The minimum atomic E-state index is -3.68. The molecular weight excluding hydrogens is 710 g/mol. The Morgan fingerprint density at radius 1 is 0.429 bits per heavy atom. The molecule has 2 rings (SSSR count). The van der Waals surface area contributed by atoms with E-state index in [2.05, 4.69) is 57.2 Å². The number of nitrogens with zero attached hydrogens (tertiary/aromatic N) is 1. The fourth-order valence-corrected chi connectivity index (χ4v) is 9.74. The van der Waals surface area contributed by atoms with Gasteiger partial charge >= 0.3 is 7.60 Å².